The van der Waals surface area contributed by atoms with Crippen LogP contribution < -0.4 is 4.74 Å². The fourth-order valence-corrected chi connectivity index (χ4v) is 6.38. The number of esters is 1. The van der Waals surface area contributed by atoms with E-state index in [-0.39, 0.29) is 31.5 Å². The first-order chi connectivity index (χ1) is 16.0. The van der Waals surface area contributed by atoms with Crippen molar-refractivity contribution in [3.63, 3.8) is 0 Å². The second-order valence-corrected chi connectivity index (χ2v) is 11.0. The molecule has 4 rings (SSSR count). The number of halogens is 3. The van der Waals surface area contributed by atoms with Crippen molar-refractivity contribution in [3.8, 4) is 11.5 Å². The minimum absolute atomic E-state index is 0.0145. The molecule has 6 nitrogen and oxygen atoms in total. The summed E-state index contributed by atoms with van der Waals surface area (Å²) in [7, 11) is -2.35. The van der Waals surface area contributed by atoms with Crippen LogP contribution in [0.2, 0.25) is 5.02 Å². The predicted octanol–water partition coefficient (Wildman–Crippen LogP) is 5.97. The number of rotatable bonds is 6. The van der Waals surface area contributed by atoms with Gasteiger partial charge in [-0.15, -0.1) is 0 Å². The van der Waals surface area contributed by atoms with E-state index >= 15 is 0 Å². The third kappa shape index (κ3) is 4.57. The molecule has 0 saturated carbocycles. The minimum Gasteiger partial charge on any atom is -0.456 e. The van der Waals surface area contributed by atoms with E-state index in [4.69, 9.17) is 25.8 Å². The van der Waals surface area contributed by atoms with Gasteiger partial charge in [-0.25, -0.2) is 17.6 Å². The van der Waals surface area contributed by atoms with Crippen LogP contribution in [0.4, 0.5) is 4.39 Å². The Hall–Kier alpha value is -2.46. The van der Waals surface area contributed by atoms with Gasteiger partial charge in [0.15, 0.2) is 15.4 Å². The van der Waals surface area contributed by atoms with Gasteiger partial charge >= 0.3 is 5.97 Å². The molecule has 3 aromatic rings. The van der Waals surface area contributed by atoms with Gasteiger partial charge in [0, 0.05) is 23.8 Å². The highest BCUT2D eigenvalue weighted by atomic mass is 79.9. The Kier molecular flexibility index (Phi) is 6.74. The molecule has 1 aliphatic rings. The number of fused-ring (bicyclic) bond motifs is 1. The molecule has 3 aromatic carbocycles. The van der Waals surface area contributed by atoms with Crippen molar-refractivity contribution in [2.75, 3.05) is 12.9 Å². The molecule has 0 radical (unpaired) electrons. The highest BCUT2D eigenvalue weighted by molar-refractivity contribution is 9.10. The summed E-state index contributed by atoms with van der Waals surface area (Å²) in [5.74, 6) is -1.44. The maximum Gasteiger partial charge on any atom is 0.343 e. The SMILES string of the molecule is CO[C@](C)(C(=O)O[C@@H]1CS(=O)(=O)c2ccc(Oc3cc(F)cc(Cl)c3)c(Br)c21)c1ccccc1. The maximum absolute atomic E-state index is 13.7. The van der Waals surface area contributed by atoms with E-state index in [9.17, 15) is 17.6 Å². The van der Waals surface area contributed by atoms with Crippen LogP contribution in [-0.4, -0.2) is 27.2 Å². The fourth-order valence-electron chi connectivity index (χ4n) is 3.70. The molecule has 0 N–H and O–H groups in total. The zero-order chi connectivity index (χ0) is 24.7. The van der Waals surface area contributed by atoms with Crippen molar-refractivity contribution in [1.29, 1.82) is 0 Å². The normalized spacial score (nSPS) is 18.1. The Balaban J connectivity index is 1.70. The number of methoxy groups -OCH3 is 1. The molecule has 1 aliphatic heterocycles. The van der Waals surface area contributed by atoms with E-state index in [0.717, 1.165) is 12.1 Å². The lowest BCUT2D eigenvalue weighted by Crippen LogP contribution is -2.37. The molecule has 0 bridgehead atoms. The Morgan fingerprint density at radius 2 is 1.85 bits per heavy atom. The Morgan fingerprint density at radius 1 is 1.15 bits per heavy atom. The monoisotopic (exact) mass is 568 g/mol. The molecule has 10 heteroatoms. The molecule has 34 heavy (non-hydrogen) atoms. The van der Waals surface area contributed by atoms with Gasteiger partial charge in [0.25, 0.3) is 0 Å². The highest BCUT2D eigenvalue weighted by Gasteiger charge is 2.44. The summed E-state index contributed by atoms with van der Waals surface area (Å²) in [6.45, 7) is 1.55. The lowest BCUT2D eigenvalue weighted by molar-refractivity contribution is -0.173. The van der Waals surface area contributed by atoms with Crippen LogP contribution >= 0.6 is 27.5 Å². The molecule has 0 saturated heterocycles. The molecule has 0 aliphatic carbocycles. The summed E-state index contributed by atoms with van der Waals surface area (Å²) in [5.41, 5.74) is -0.658. The zero-order valence-electron chi connectivity index (χ0n) is 18.0. The van der Waals surface area contributed by atoms with Gasteiger partial charge in [-0.2, -0.15) is 0 Å². The van der Waals surface area contributed by atoms with E-state index in [1.165, 1.54) is 25.3 Å². The molecule has 0 spiro atoms. The first kappa shape index (κ1) is 24.7. The second kappa shape index (κ2) is 9.30. The van der Waals surface area contributed by atoms with E-state index in [0.29, 0.717) is 5.56 Å². The smallest absolute Gasteiger partial charge is 0.343 e. The number of benzene rings is 3. The van der Waals surface area contributed by atoms with Crippen LogP contribution in [0.5, 0.6) is 11.5 Å². The van der Waals surface area contributed by atoms with E-state index < -0.39 is 39.1 Å². The van der Waals surface area contributed by atoms with Crippen LogP contribution in [0.3, 0.4) is 0 Å². The number of ether oxygens (including phenoxy) is 3. The molecule has 1 heterocycles. The summed E-state index contributed by atoms with van der Waals surface area (Å²) in [4.78, 5) is 13.2. The van der Waals surface area contributed by atoms with Gasteiger partial charge in [0.2, 0.25) is 0 Å². The standard InChI is InChI=1S/C24H19BrClFO6S/c1-24(31-2,14-6-4-3-5-7-14)23(28)33-19-13-34(29,30)20-9-8-18(22(25)21(19)20)32-17-11-15(26)10-16(27)12-17/h3-12,19H,13H2,1-2H3/t19-,24+/m1/s1. The van der Waals surface area contributed by atoms with E-state index in [2.05, 4.69) is 15.9 Å². The number of carbonyl (C=O) groups is 1. The first-order valence-corrected chi connectivity index (χ1v) is 12.9. The van der Waals surface area contributed by atoms with Crippen LogP contribution in [0, 0.1) is 5.82 Å². The van der Waals surface area contributed by atoms with Gasteiger partial charge in [-0.3, -0.25) is 0 Å². The number of hydrogen-bond donors (Lipinski definition) is 0. The Morgan fingerprint density at radius 3 is 2.50 bits per heavy atom. The Labute approximate surface area is 209 Å². The van der Waals surface area contributed by atoms with E-state index in [1.54, 1.807) is 37.3 Å². The van der Waals surface area contributed by atoms with Crippen molar-refractivity contribution in [2.45, 2.75) is 23.5 Å². The van der Waals surface area contributed by atoms with Crippen molar-refractivity contribution in [2.24, 2.45) is 0 Å². The summed E-state index contributed by atoms with van der Waals surface area (Å²) in [5, 5.41) is 0.140. The zero-order valence-corrected chi connectivity index (χ0v) is 21.2. The van der Waals surface area contributed by atoms with Crippen molar-refractivity contribution < 1.29 is 31.8 Å². The van der Waals surface area contributed by atoms with E-state index in [1.807, 2.05) is 0 Å². The summed E-state index contributed by atoms with van der Waals surface area (Å²) in [6, 6.07) is 15.3. The number of carbonyl (C=O) groups excluding carboxylic acids is 1. The van der Waals surface area contributed by atoms with Crippen LogP contribution in [-0.2, 0) is 29.7 Å². The van der Waals surface area contributed by atoms with Gasteiger partial charge in [-0.1, -0.05) is 41.9 Å². The molecule has 2 atom stereocenters. The van der Waals surface area contributed by atoms with Crippen LogP contribution in [0.15, 0.2) is 70.0 Å². The maximum atomic E-state index is 13.7. The highest BCUT2D eigenvalue weighted by Crippen LogP contribution is 2.46. The van der Waals surface area contributed by atoms with Gasteiger partial charge in [-0.05, 0) is 52.7 Å². The van der Waals surface area contributed by atoms with Crippen molar-refractivity contribution >= 4 is 43.3 Å². The summed E-state index contributed by atoms with van der Waals surface area (Å²) >= 11 is 9.28. The topological polar surface area (TPSA) is 78.9 Å². The average molecular weight is 570 g/mol. The van der Waals surface area contributed by atoms with Crippen molar-refractivity contribution in [3.05, 3.63) is 87.1 Å². The Bertz CT molecular complexity index is 1350. The second-order valence-electron chi connectivity index (χ2n) is 7.78. The molecule has 0 fully saturated rings. The van der Waals surface area contributed by atoms with Gasteiger partial charge in [0.1, 0.15) is 23.4 Å². The van der Waals surface area contributed by atoms with Gasteiger partial charge < -0.3 is 14.2 Å². The average Bonchev–Trinajstić information content (AvgIpc) is 3.04. The molecule has 0 amide bonds. The van der Waals surface area contributed by atoms with Crippen LogP contribution in [0.25, 0.3) is 0 Å². The van der Waals surface area contributed by atoms with Gasteiger partial charge in [0.05, 0.1) is 15.1 Å². The molecular weight excluding hydrogens is 551 g/mol. The first-order valence-electron chi connectivity index (χ1n) is 10.1. The summed E-state index contributed by atoms with van der Waals surface area (Å²) in [6.07, 6.45) is -1.11. The molecular formula is C24H19BrClFO6S. The summed E-state index contributed by atoms with van der Waals surface area (Å²) < 4.78 is 56.5. The predicted molar refractivity (Wildman–Crippen MR) is 127 cm³/mol. The third-order valence-corrected chi connectivity index (χ3v) is 8.37. The largest absolute Gasteiger partial charge is 0.456 e. The molecule has 0 unspecified atom stereocenters. The quantitative estimate of drug-likeness (QED) is 0.341. The van der Waals surface area contributed by atoms with Crippen molar-refractivity contribution in [1.82, 2.24) is 0 Å². The lowest BCUT2D eigenvalue weighted by atomic mass is 9.96. The number of sulfone groups is 1. The lowest BCUT2D eigenvalue weighted by Gasteiger charge is -2.28. The third-order valence-electron chi connectivity index (χ3n) is 5.57. The van der Waals surface area contributed by atoms with Crippen LogP contribution in [0.1, 0.15) is 24.2 Å². The number of hydrogen-bond acceptors (Lipinski definition) is 6. The molecule has 0 aromatic heterocycles. The minimum atomic E-state index is -3.73. The molecule has 178 valence electrons. The fraction of sp³-hybridized carbons (Fsp3) is 0.208.